The number of carboxylic acids is 1. The molecule has 1 atom stereocenters. The summed E-state index contributed by atoms with van der Waals surface area (Å²) < 4.78 is 23.8. The Balaban J connectivity index is 2.07. The fourth-order valence-corrected chi connectivity index (χ4v) is 4.05. The second-order valence-corrected chi connectivity index (χ2v) is 8.72. The van der Waals surface area contributed by atoms with Crippen molar-refractivity contribution in [3.8, 4) is 0 Å². The molecule has 1 aliphatic heterocycles. The first-order valence-corrected chi connectivity index (χ1v) is 10.5. The highest BCUT2D eigenvalue weighted by Gasteiger charge is 2.35. The minimum atomic E-state index is -3.48. The molecule has 2 aromatic carbocycles. The number of hydrogen-bond donors (Lipinski definition) is 1. The third kappa shape index (κ3) is 3.73. The third-order valence-corrected chi connectivity index (χ3v) is 6.03. The first kappa shape index (κ1) is 19.1. The van der Waals surface area contributed by atoms with Crippen LogP contribution in [-0.4, -0.2) is 42.6 Å². The van der Waals surface area contributed by atoms with E-state index in [9.17, 15) is 23.1 Å². The highest BCUT2D eigenvalue weighted by Crippen LogP contribution is 2.27. The first-order valence-electron chi connectivity index (χ1n) is 8.66. The van der Waals surface area contributed by atoms with Gasteiger partial charge in [-0.15, -0.1) is 0 Å². The molecule has 7 heteroatoms. The molecule has 0 bridgehead atoms. The van der Waals surface area contributed by atoms with Gasteiger partial charge in [-0.2, -0.15) is 0 Å². The topological polar surface area (TPSA) is 91.8 Å². The Kier molecular flexibility index (Phi) is 5.06. The monoisotopic (exact) mass is 387 g/mol. The number of carbonyl (C=O) groups is 2. The Labute approximate surface area is 158 Å². The molecule has 0 fully saturated rings. The molecule has 1 heterocycles. The molecule has 27 heavy (non-hydrogen) atoms. The van der Waals surface area contributed by atoms with Crippen LogP contribution in [0.1, 0.15) is 34.0 Å². The number of nitrogens with zero attached hydrogens (tertiary/aromatic N) is 1. The summed E-state index contributed by atoms with van der Waals surface area (Å²) >= 11 is 0. The van der Waals surface area contributed by atoms with Gasteiger partial charge in [0.1, 0.15) is 6.04 Å². The van der Waals surface area contributed by atoms with Crippen LogP contribution >= 0.6 is 0 Å². The van der Waals surface area contributed by atoms with Gasteiger partial charge in [0.15, 0.2) is 9.84 Å². The third-order valence-electron chi connectivity index (χ3n) is 4.92. The highest BCUT2D eigenvalue weighted by atomic mass is 32.2. The van der Waals surface area contributed by atoms with Crippen molar-refractivity contribution >= 4 is 21.7 Å². The summed E-state index contributed by atoms with van der Waals surface area (Å²) in [6.07, 6.45) is 1.84. The van der Waals surface area contributed by atoms with E-state index in [-0.39, 0.29) is 23.4 Å². The average molecular weight is 387 g/mol. The molecule has 0 saturated carbocycles. The van der Waals surface area contributed by atoms with E-state index < -0.39 is 27.8 Å². The van der Waals surface area contributed by atoms with Crippen LogP contribution in [0.2, 0.25) is 0 Å². The van der Waals surface area contributed by atoms with Crippen molar-refractivity contribution in [1.29, 1.82) is 0 Å². The summed E-state index contributed by atoms with van der Waals surface area (Å²) in [5, 5.41) is 9.65. The molecule has 0 saturated heterocycles. The number of benzene rings is 2. The van der Waals surface area contributed by atoms with Crippen LogP contribution in [0.15, 0.2) is 47.4 Å². The highest BCUT2D eigenvalue weighted by molar-refractivity contribution is 7.90. The van der Waals surface area contributed by atoms with Crippen LogP contribution in [0.4, 0.5) is 0 Å². The lowest BCUT2D eigenvalue weighted by molar-refractivity contribution is -0.142. The molecule has 1 unspecified atom stereocenters. The maximum Gasteiger partial charge on any atom is 0.326 e. The normalized spacial score (nSPS) is 16.7. The van der Waals surface area contributed by atoms with Crippen molar-refractivity contribution in [3.05, 3.63) is 64.7 Å². The predicted molar refractivity (Wildman–Crippen MR) is 100 cm³/mol. The maximum absolute atomic E-state index is 13.3. The van der Waals surface area contributed by atoms with E-state index in [1.807, 2.05) is 31.2 Å². The second-order valence-electron chi connectivity index (χ2n) is 6.70. The zero-order valence-electron chi connectivity index (χ0n) is 15.2. The van der Waals surface area contributed by atoms with E-state index in [2.05, 4.69) is 0 Å². The largest absolute Gasteiger partial charge is 0.480 e. The molecule has 142 valence electrons. The van der Waals surface area contributed by atoms with E-state index >= 15 is 0 Å². The maximum atomic E-state index is 13.3. The molecule has 3 rings (SSSR count). The molecule has 0 aromatic heterocycles. The SMILES string of the molecule is CCc1ccc(S(C)(=O)=O)cc1C(=O)N1Cc2ccccc2CC1C(=O)O. The molecule has 1 amide bonds. The Hall–Kier alpha value is -2.67. The summed E-state index contributed by atoms with van der Waals surface area (Å²) in [7, 11) is -3.48. The number of carbonyl (C=O) groups excluding carboxylic acids is 1. The molecule has 1 aliphatic rings. The predicted octanol–water partition coefficient (Wildman–Crippen LogP) is 2.30. The molecule has 0 spiro atoms. The van der Waals surface area contributed by atoms with E-state index in [0.717, 1.165) is 17.4 Å². The number of hydrogen-bond acceptors (Lipinski definition) is 4. The van der Waals surface area contributed by atoms with Gasteiger partial charge in [-0.1, -0.05) is 37.3 Å². The Morgan fingerprint density at radius 1 is 1.15 bits per heavy atom. The number of amides is 1. The molecule has 6 nitrogen and oxygen atoms in total. The summed E-state index contributed by atoms with van der Waals surface area (Å²) in [5.74, 6) is -1.53. The summed E-state index contributed by atoms with van der Waals surface area (Å²) in [6, 6.07) is 10.9. The summed E-state index contributed by atoms with van der Waals surface area (Å²) in [4.78, 5) is 26.4. The fraction of sp³-hybridized carbons (Fsp3) is 0.300. The van der Waals surface area contributed by atoms with Gasteiger partial charge in [-0.05, 0) is 35.2 Å². The van der Waals surface area contributed by atoms with Gasteiger partial charge in [-0.25, -0.2) is 13.2 Å². The average Bonchev–Trinajstić information content (AvgIpc) is 2.65. The van der Waals surface area contributed by atoms with E-state index in [1.165, 1.54) is 17.0 Å². The van der Waals surface area contributed by atoms with E-state index in [0.29, 0.717) is 12.0 Å². The second kappa shape index (κ2) is 7.15. The molecule has 0 radical (unpaired) electrons. The van der Waals surface area contributed by atoms with Crippen molar-refractivity contribution in [2.24, 2.45) is 0 Å². The van der Waals surface area contributed by atoms with Crippen molar-refractivity contribution < 1.29 is 23.1 Å². The van der Waals surface area contributed by atoms with Crippen LogP contribution in [0.5, 0.6) is 0 Å². The van der Waals surface area contributed by atoms with Crippen LogP contribution in [-0.2, 0) is 34.0 Å². The first-order chi connectivity index (χ1) is 12.7. The van der Waals surface area contributed by atoms with Gasteiger partial charge in [-0.3, -0.25) is 4.79 Å². The number of carboxylic acid groups (broad SMARTS) is 1. The number of fused-ring (bicyclic) bond motifs is 1. The number of aliphatic carboxylic acids is 1. The van der Waals surface area contributed by atoms with Gasteiger partial charge in [0.2, 0.25) is 0 Å². The number of aryl methyl sites for hydroxylation is 1. The molecule has 1 N–H and O–H groups in total. The van der Waals surface area contributed by atoms with E-state index in [1.54, 1.807) is 6.07 Å². The lowest BCUT2D eigenvalue weighted by Crippen LogP contribution is -2.48. The lowest BCUT2D eigenvalue weighted by atomic mass is 9.92. The quantitative estimate of drug-likeness (QED) is 0.869. The molecule has 0 aliphatic carbocycles. The smallest absolute Gasteiger partial charge is 0.326 e. The lowest BCUT2D eigenvalue weighted by Gasteiger charge is -2.35. The van der Waals surface area contributed by atoms with Gasteiger partial charge in [0.25, 0.3) is 5.91 Å². The Morgan fingerprint density at radius 2 is 1.81 bits per heavy atom. The van der Waals surface area contributed by atoms with Crippen molar-refractivity contribution in [3.63, 3.8) is 0 Å². The zero-order valence-corrected chi connectivity index (χ0v) is 16.0. The minimum absolute atomic E-state index is 0.0485. The van der Waals surface area contributed by atoms with Crippen molar-refractivity contribution in [2.75, 3.05) is 6.26 Å². The van der Waals surface area contributed by atoms with Crippen molar-refractivity contribution in [2.45, 2.75) is 37.2 Å². The minimum Gasteiger partial charge on any atom is -0.480 e. The fourth-order valence-electron chi connectivity index (χ4n) is 3.41. The molecule has 2 aromatic rings. The summed E-state index contributed by atoms with van der Waals surface area (Å²) in [5.41, 5.74) is 2.75. The van der Waals surface area contributed by atoms with Crippen LogP contribution in [0, 0.1) is 0 Å². The number of rotatable bonds is 4. The van der Waals surface area contributed by atoms with Crippen LogP contribution in [0.25, 0.3) is 0 Å². The van der Waals surface area contributed by atoms with Gasteiger partial charge >= 0.3 is 5.97 Å². The van der Waals surface area contributed by atoms with Gasteiger partial charge in [0, 0.05) is 24.8 Å². The van der Waals surface area contributed by atoms with Crippen molar-refractivity contribution in [1.82, 2.24) is 4.90 Å². The summed E-state index contributed by atoms with van der Waals surface area (Å²) in [6.45, 7) is 2.05. The standard InChI is InChI=1S/C20H21NO5S/c1-3-13-8-9-16(27(2,25)26)11-17(13)19(22)21-12-15-7-5-4-6-14(15)10-18(21)20(23)24/h4-9,11,18H,3,10,12H2,1-2H3,(H,23,24). The van der Waals surface area contributed by atoms with E-state index in [4.69, 9.17) is 0 Å². The molecular weight excluding hydrogens is 366 g/mol. The molecular formula is C20H21NO5S. The van der Waals surface area contributed by atoms with Gasteiger partial charge in [0.05, 0.1) is 4.90 Å². The zero-order chi connectivity index (χ0) is 19.8. The van der Waals surface area contributed by atoms with Crippen LogP contribution in [0.3, 0.4) is 0 Å². The van der Waals surface area contributed by atoms with Crippen LogP contribution < -0.4 is 0 Å². The van der Waals surface area contributed by atoms with Gasteiger partial charge < -0.3 is 10.0 Å². The number of sulfone groups is 1. The Morgan fingerprint density at radius 3 is 2.41 bits per heavy atom. The Bertz CT molecular complexity index is 1010.